The van der Waals surface area contributed by atoms with E-state index in [1.165, 1.54) is 0 Å². The van der Waals surface area contributed by atoms with E-state index in [1.807, 2.05) is 79.7 Å². The second kappa shape index (κ2) is 8.03. The first kappa shape index (κ1) is 22.0. The Morgan fingerprint density at radius 2 is 1.25 bits per heavy atom. The molecule has 3 aromatic rings. The normalized spacial score (nSPS) is 17.9. The van der Waals surface area contributed by atoms with Crippen molar-refractivity contribution in [3.63, 3.8) is 0 Å². The number of ether oxygens (including phenoxy) is 2. The van der Waals surface area contributed by atoms with Gasteiger partial charge in [-0.1, -0.05) is 42.5 Å². The van der Waals surface area contributed by atoms with E-state index in [0.29, 0.717) is 0 Å². The summed E-state index contributed by atoms with van der Waals surface area (Å²) >= 11 is 0. The second-order valence-corrected chi connectivity index (χ2v) is 9.30. The van der Waals surface area contributed by atoms with Crippen molar-refractivity contribution in [1.82, 2.24) is 0 Å². The van der Waals surface area contributed by atoms with Crippen molar-refractivity contribution in [1.29, 1.82) is 0 Å². The van der Waals surface area contributed by atoms with Crippen LogP contribution in [0.15, 0.2) is 72.8 Å². The number of carbonyl (C=O) groups excluding carboxylic acids is 2. The Hall–Kier alpha value is -3.24. The minimum atomic E-state index is -1.03. The lowest BCUT2D eigenvalue weighted by atomic mass is 9.73. The zero-order valence-electron chi connectivity index (χ0n) is 19.1. The van der Waals surface area contributed by atoms with Gasteiger partial charge in [0.25, 0.3) is 0 Å². The standard InChI is InChI=1S/C28H28O4/c1-18-11-12-20(19-13-15-22(16-14-19)31-21-9-7-6-8-10-21)17-23(18)24-25(29)27(2,3)32-28(4,5)26(24)30/h6-17,24H,1-5H3. The molecule has 3 aromatic carbocycles. The molecule has 4 rings (SSSR count). The Kier molecular flexibility index (Phi) is 5.51. The molecule has 0 amide bonds. The Morgan fingerprint density at radius 1 is 0.719 bits per heavy atom. The van der Waals surface area contributed by atoms with E-state index >= 15 is 0 Å². The maximum absolute atomic E-state index is 13.2. The number of Topliss-reactive ketones (excluding diaryl/α,β-unsaturated/α-hetero) is 2. The van der Waals surface area contributed by atoms with Gasteiger partial charge in [-0.3, -0.25) is 9.59 Å². The largest absolute Gasteiger partial charge is 0.457 e. The zero-order chi connectivity index (χ0) is 23.1. The van der Waals surface area contributed by atoms with Crippen molar-refractivity contribution in [3.8, 4) is 22.6 Å². The molecule has 1 aliphatic rings. The van der Waals surface area contributed by atoms with E-state index in [1.54, 1.807) is 27.7 Å². The summed E-state index contributed by atoms with van der Waals surface area (Å²) in [5.41, 5.74) is 1.53. The summed E-state index contributed by atoms with van der Waals surface area (Å²) in [6.45, 7) is 8.89. The van der Waals surface area contributed by atoms with Crippen LogP contribution in [0, 0.1) is 6.92 Å². The first-order valence-corrected chi connectivity index (χ1v) is 10.8. The van der Waals surface area contributed by atoms with Crippen LogP contribution in [0.2, 0.25) is 0 Å². The molecule has 0 N–H and O–H groups in total. The van der Waals surface area contributed by atoms with Crippen molar-refractivity contribution >= 4 is 11.6 Å². The van der Waals surface area contributed by atoms with Gasteiger partial charge in [0.1, 0.15) is 28.6 Å². The van der Waals surface area contributed by atoms with Crippen LogP contribution >= 0.6 is 0 Å². The number of aryl methyl sites for hydroxylation is 1. The fourth-order valence-electron chi connectivity index (χ4n) is 4.31. The molecule has 164 valence electrons. The molecule has 0 atom stereocenters. The van der Waals surface area contributed by atoms with Gasteiger partial charge in [-0.05, 0) is 87.2 Å². The van der Waals surface area contributed by atoms with Gasteiger partial charge >= 0.3 is 0 Å². The average molecular weight is 429 g/mol. The predicted molar refractivity (Wildman–Crippen MR) is 125 cm³/mol. The number of hydrogen-bond donors (Lipinski definition) is 0. The summed E-state index contributed by atoms with van der Waals surface area (Å²) in [5.74, 6) is 0.280. The van der Waals surface area contributed by atoms with Crippen molar-refractivity contribution in [2.45, 2.75) is 51.7 Å². The van der Waals surface area contributed by atoms with Crippen LogP contribution in [-0.2, 0) is 14.3 Å². The number of hydrogen-bond acceptors (Lipinski definition) is 4. The van der Waals surface area contributed by atoms with E-state index in [0.717, 1.165) is 33.8 Å². The van der Waals surface area contributed by atoms with Gasteiger partial charge in [0, 0.05) is 0 Å². The molecular weight excluding hydrogens is 400 g/mol. The number of para-hydroxylation sites is 1. The maximum atomic E-state index is 13.2. The molecule has 4 heteroatoms. The van der Waals surface area contributed by atoms with Crippen molar-refractivity contribution < 1.29 is 19.1 Å². The van der Waals surface area contributed by atoms with E-state index in [-0.39, 0.29) is 11.6 Å². The van der Waals surface area contributed by atoms with Crippen molar-refractivity contribution in [2.24, 2.45) is 0 Å². The zero-order valence-corrected chi connectivity index (χ0v) is 19.1. The van der Waals surface area contributed by atoms with E-state index in [2.05, 4.69) is 0 Å². The Morgan fingerprint density at radius 3 is 1.84 bits per heavy atom. The van der Waals surface area contributed by atoms with Crippen LogP contribution in [0.4, 0.5) is 0 Å². The molecule has 1 heterocycles. The lowest BCUT2D eigenvalue weighted by molar-refractivity contribution is -0.184. The van der Waals surface area contributed by atoms with Gasteiger partial charge in [0.15, 0.2) is 11.6 Å². The molecule has 0 unspecified atom stereocenters. The molecule has 1 fully saturated rings. The van der Waals surface area contributed by atoms with Crippen molar-refractivity contribution in [3.05, 3.63) is 83.9 Å². The van der Waals surface area contributed by atoms with Gasteiger partial charge in [-0.15, -0.1) is 0 Å². The van der Waals surface area contributed by atoms with Crippen LogP contribution < -0.4 is 4.74 Å². The SMILES string of the molecule is Cc1ccc(-c2ccc(Oc3ccccc3)cc2)cc1C1C(=O)C(C)(C)OC(C)(C)C1=O. The van der Waals surface area contributed by atoms with Gasteiger partial charge in [0.2, 0.25) is 0 Å². The molecule has 0 radical (unpaired) electrons. The topological polar surface area (TPSA) is 52.6 Å². The number of ketones is 2. The summed E-state index contributed by atoms with van der Waals surface area (Å²) in [4.78, 5) is 26.4. The molecule has 0 aliphatic carbocycles. The molecule has 0 spiro atoms. The highest BCUT2D eigenvalue weighted by Gasteiger charge is 2.53. The summed E-state index contributed by atoms with van der Waals surface area (Å²) < 4.78 is 11.7. The quantitative estimate of drug-likeness (QED) is 0.460. The number of carbonyl (C=O) groups is 2. The minimum Gasteiger partial charge on any atom is -0.457 e. The average Bonchev–Trinajstić information content (AvgIpc) is 2.75. The summed E-state index contributed by atoms with van der Waals surface area (Å²) in [7, 11) is 0. The van der Waals surface area contributed by atoms with E-state index in [9.17, 15) is 9.59 Å². The monoisotopic (exact) mass is 428 g/mol. The van der Waals surface area contributed by atoms with Crippen LogP contribution in [-0.4, -0.2) is 22.8 Å². The highest BCUT2D eigenvalue weighted by molar-refractivity contribution is 6.15. The van der Waals surface area contributed by atoms with Crippen molar-refractivity contribution in [2.75, 3.05) is 0 Å². The molecule has 0 saturated carbocycles. The predicted octanol–water partition coefficient (Wildman–Crippen LogP) is 6.26. The summed E-state index contributed by atoms with van der Waals surface area (Å²) in [6.07, 6.45) is 0. The third-order valence-corrected chi connectivity index (χ3v) is 5.98. The first-order valence-electron chi connectivity index (χ1n) is 10.8. The summed E-state index contributed by atoms with van der Waals surface area (Å²) in [6, 6.07) is 23.3. The minimum absolute atomic E-state index is 0.200. The van der Waals surface area contributed by atoms with Crippen LogP contribution in [0.25, 0.3) is 11.1 Å². The smallest absolute Gasteiger partial charge is 0.179 e. The van der Waals surface area contributed by atoms with Gasteiger partial charge in [-0.2, -0.15) is 0 Å². The molecule has 0 aromatic heterocycles. The summed E-state index contributed by atoms with van der Waals surface area (Å²) in [5, 5.41) is 0. The number of benzene rings is 3. The third-order valence-electron chi connectivity index (χ3n) is 5.98. The molecule has 1 saturated heterocycles. The molecule has 32 heavy (non-hydrogen) atoms. The Labute approximate surface area is 189 Å². The lowest BCUT2D eigenvalue weighted by Gasteiger charge is -2.43. The van der Waals surface area contributed by atoms with E-state index in [4.69, 9.17) is 9.47 Å². The van der Waals surface area contributed by atoms with Crippen LogP contribution in [0.1, 0.15) is 44.7 Å². The van der Waals surface area contributed by atoms with E-state index < -0.39 is 17.1 Å². The molecule has 0 bridgehead atoms. The fraction of sp³-hybridized carbons (Fsp3) is 0.286. The van der Waals surface area contributed by atoms with Crippen LogP contribution in [0.5, 0.6) is 11.5 Å². The van der Waals surface area contributed by atoms with Gasteiger partial charge in [0.05, 0.1) is 0 Å². The van der Waals surface area contributed by atoms with Crippen LogP contribution in [0.3, 0.4) is 0 Å². The maximum Gasteiger partial charge on any atom is 0.179 e. The molecular formula is C28H28O4. The highest BCUT2D eigenvalue weighted by atomic mass is 16.5. The highest BCUT2D eigenvalue weighted by Crippen LogP contribution is 2.40. The lowest BCUT2D eigenvalue weighted by Crippen LogP contribution is -2.58. The third kappa shape index (κ3) is 4.11. The fourth-order valence-corrected chi connectivity index (χ4v) is 4.31. The first-order chi connectivity index (χ1) is 15.1. The Balaban J connectivity index is 1.67. The second-order valence-electron chi connectivity index (χ2n) is 9.30. The van der Waals surface area contributed by atoms with Gasteiger partial charge in [-0.25, -0.2) is 0 Å². The number of rotatable bonds is 4. The molecule has 1 aliphatic heterocycles. The van der Waals surface area contributed by atoms with Gasteiger partial charge < -0.3 is 9.47 Å². The Bertz CT molecular complexity index is 1130. The molecule has 4 nitrogen and oxygen atoms in total.